The molecule has 0 amide bonds. The van der Waals surface area contributed by atoms with E-state index in [1.54, 1.807) is 11.5 Å². The summed E-state index contributed by atoms with van der Waals surface area (Å²) in [6, 6.07) is 11.3. The van der Waals surface area contributed by atoms with E-state index in [9.17, 15) is 4.79 Å². The van der Waals surface area contributed by atoms with Crippen LogP contribution in [0.5, 0.6) is 5.75 Å². The van der Waals surface area contributed by atoms with Crippen LogP contribution in [0.3, 0.4) is 0 Å². The van der Waals surface area contributed by atoms with Gasteiger partial charge in [-0.15, -0.1) is 0 Å². The third-order valence-electron chi connectivity index (χ3n) is 3.65. The first-order chi connectivity index (χ1) is 11.1. The highest BCUT2D eigenvalue weighted by molar-refractivity contribution is 5.90. The first-order valence-electron chi connectivity index (χ1n) is 7.34. The van der Waals surface area contributed by atoms with Crippen LogP contribution < -0.4 is 4.74 Å². The Bertz CT molecular complexity index is 868. The summed E-state index contributed by atoms with van der Waals surface area (Å²) in [7, 11) is 1.61. The fourth-order valence-electron chi connectivity index (χ4n) is 2.49. The molecule has 3 aromatic rings. The molecule has 23 heavy (non-hydrogen) atoms. The van der Waals surface area contributed by atoms with E-state index in [4.69, 9.17) is 9.47 Å². The van der Waals surface area contributed by atoms with Crippen LogP contribution in [-0.2, 0) is 11.3 Å². The number of aromatic nitrogens is 2. The molecule has 0 N–H and O–H groups in total. The van der Waals surface area contributed by atoms with Gasteiger partial charge in [0.05, 0.1) is 12.8 Å². The van der Waals surface area contributed by atoms with Crippen molar-refractivity contribution in [2.24, 2.45) is 0 Å². The molecule has 0 spiro atoms. The topological polar surface area (TPSA) is 52.8 Å². The van der Waals surface area contributed by atoms with Crippen molar-refractivity contribution in [3.05, 3.63) is 65.1 Å². The van der Waals surface area contributed by atoms with Crippen LogP contribution in [0.1, 0.15) is 27.3 Å². The number of ether oxygens (including phenoxy) is 2. The predicted octanol–water partition coefficient (Wildman–Crippen LogP) is 3.32. The molecule has 0 unspecified atom stereocenters. The van der Waals surface area contributed by atoms with Crippen LogP contribution in [-0.4, -0.2) is 22.5 Å². The minimum absolute atomic E-state index is 0.189. The van der Waals surface area contributed by atoms with E-state index in [0.29, 0.717) is 11.4 Å². The number of hydrogen-bond acceptors (Lipinski definition) is 4. The van der Waals surface area contributed by atoms with Gasteiger partial charge in [-0.3, -0.25) is 4.40 Å². The van der Waals surface area contributed by atoms with E-state index in [1.165, 1.54) is 0 Å². The zero-order valence-electron chi connectivity index (χ0n) is 13.4. The van der Waals surface area contributed by atoms with Gasteiger partial charge in [0.25, 0.3) is 0 Å². The van der Waals surface area contributed by atoms with E-state index < -0.39 is 0 Å². The lowest BCUT2D eigenvalue weighted by Gasteiger charge is -2.07. The molecule has 3 rings (SSSR count). The molecular weight excluding hydrogens is 292 g/mol. The molecule has 2 aromatic heterocycles. The summed E-state index contributed by atoms with van der Waals surface area (Å²) in [5, 5.41) is 0. The van der Waals surface area contributed by atoms with E-state index in [-0.39, 0.29) is 12.6 Å². The zero-order valence-corrected chi connectivity index (χ0v) is 13.4. The number of aryl methyl sites for hydroxylation is 2. The Morgan fingerprint density at radius 1 is 1.22 bits per heavy atom. The molecule has 1 aromatic carbocycles. The molecule has 0 saturated heterocycles. The predicted molar refractivity (Wildman–Crippen MR) is 86.8 cm³/mol. The van der Waals surface area contributed by atoms with Crippen molar-refractivity contribution in [1.29, 1.82) is 0 Å². The van der Waals surface area contributed by atoms with Crippen molar-refractivity contribution >= 4 is 11.6 Å². The van der Waals surface area contributed by atoms with Crippen molar-refractivity contribution in [1.82, 2.24) is 9.38 Å². The monoisotopic (exact) mass is 310 g/mol. The number of hydrogen-bond donors (Lipinski definition) is 0. The summed E-state index contributed by atoms with van der Waals surface area (Å²) >= 11 is 0. The van der Waals surface area contributed by atoms with Crippen LogP contribution in [0.25, 0.3) is 5.65 Å². The van der Waals surface area contributed by atoms with Crippen molar-refractivity contribution in [2.45, 2.75) is 20.5 Å². The first kappa shape index (κ1) is 15.1. The minimum atomic E-state index is -0.387. The van der Waals surface area contributed by atoms with Crippen molar-refractivity contribution < 1.29 is 14.3 Å². The molecule has 5 heteroatoms. The van der Waals surface area contributed by atoms with Crippen LogP contribution in [0.2, 0.25) is 0 Å². The number of rotatable bonds is 4. The van der Waals surface area contributed by atoms with E-state index in [0.717, 1.165) is 22.5 Å². The first-order valence-corrected chi connectivity index (χ1v) is 7.34. The van der Waals surface area contributed by atoms with Gasteiger partial charge in [-0.05, 0) is 49.2 Å². The highest BCUT2D eigenvalue weighted by Gasteiger charge is 2.18. The van der Waals surface area contributed by atoms with E-state index in [2.05, 4.69) is 4.98 Å². The minimum Gasteiger partial charge on any atom is -0.497 e. The SMILES string of the molecule is COc1cccc(COC(=O)c2c(C)nc3cc(C)ccn23)c1. The van der Waals surface area contributed by atoms with Crippen molar-refractivity contribution in [2.75, 3.05) is 7.11 Å². The summed E-state index contributed by atoms with van der Waals surface area (Å²) in [5.74, 6) is 0.349. The number of nitrogens with zero attached hydrogens (tertiary/aromatic N) is 2. The second-order valence-electron chi connectivity index (χ2n) is 5.41. The molecule has 0 fully saturated rings. The standard InChI is InChI=1S/C18H18N2O3/c1-12-7-8-20-16(9-12)19-13(2)17(20)18(21)23-11-14-5-4-6-15(10-14)22-3/h4-10H,11H2,1-3H3. The van der Waals surface area contributed by atoms with Crippen LogP contribution >= 0.6 is 0 Å². The highest BCUT2D eigenvalue weighted by Crippen LogP contribution is 2.17. The summed E-state index contributed by atoms with van der Waals surface area (Å²) in [6.45, 7) is 3.99. The van der Waals surface area contributed by atoms with Gasteiger partial charge in [0.15, 0.2) is 5.69 Å². The van der Waals surface area contributed by atoms with E-state index >= 15 is 0 Å². The number of carbonyl (C=O) groups is 1. The van der Waals surface area contributed by atoms with Gasteiger partial charge < -0.3 is 9.47 Å². The lowest BCUT2D eigenvalue weighted by Crippen LogP contribution is -2.10. The maximum absolute atomic E-state index is 12.4. The van der Waals surface area contributed by atoms with Gasteiger partial charge in [-0.1, -0.05) is 12.1 Å². The summed E-state index contributed by atoms with van der Waals surface area (Å²) in [4.78, 5) is 16.9. The number of benzene rings is 1. The Labute approximate surface area is 134 Å². The number of esters is 1. The smallest absolute Gasteiger partial charge is 0.357 e. The van der Waals surface area contributed by atoms with Crippen LogP contribution in [0.15, 0.2) is 42.6 Å². The summed E-state index contributed by atoms with van der Waals surface area (Å²) < 4.78 is 12.4. The number of methoxy groups -OCH3 is 1. The number of imidazole rings is 1. The number of fused-ring (bicyclic) bond motifs is 1. The molecule has 2 heterocycles. The molecule has 0 atom stereocenters. The Balaban J connectivity index is 1.82. The molecule has 0 aliphatic carbocycles. The molecule has 5 nitrogen and oxygen atoms in total. The fourth-order valence-corrected chi connectivity index (χ4v) is 2.49. The summed E-state index contributed by atoms with van der Waals surface area (Å²) in [5.41, 5.74) is 3.84. The van der Waals surface area contributed by atoms with Gasteiger partial charge in [0.2, 0.25) is 0 Å². The Kier molecular flexibility index (Phi) is 4.02. The Morgan fingerprint density at radius 3 is 2.83 bits per heavy atom. The largest absolute Gasteiger partial charge is 0.497 e. The molecule has 0 radical (unpaired) electrons. The molecule has 0 aliphatic rings. The molecule has 0 aliphatic heterocycles. The van der Waals surface area contributed by atoms with Gasteiger partial charge in [-0.25, -0.2) is 9.78 Å². The van der Waals surface area contributed by atoms with Crippen molar-refractivity contribution in [3.63, 3.8) is 0 Å². The van der Waals surface area contributed by atoms with Gasteiger partial charge >= 0.3 is 5.97 Å². The van der Waals surface area contributed by atoms with Crippen molar-refractivity contribution in [3.8, 4) is 5.75 Å². The van der Waals surface area contributed by atoms with E-state index in [1.807, 2.05) is 56.4 Å². The third-order valence-corrected chi connectivity index (χ3v) is 3.65. The molecule has 0 bridgehead atoms. The maximum atomic E-state index is 12.4. The van der Waals surface area contributed by atoms with Gasteiger partial charge in [0.1, 0.15) is 18.0 Å². The summed E-state index contributed by atoms with van der Waals surface area (Å²) in [6.07, 6.45) is 1.84. The number of carbonyl (C=O) groups excluding carboxylic acids is 1. The highest BCUT2D eigenvalue weighted by atomic mass is 16.5. The van der Waals surface area contributed by atoms with Crippen LogP contribution in [0, 0.1) is 13.8 Å². The second-order valence-corrected chi connectivity index (χ2v) is 5.41. The Hall–Kier alpha value is -2.82. The third kappa shape index (κ3) is 3.04. The quantitative estimate of drug-likeness (QED) is 0.694. The average molecular weight is 310 g/mol. The second kappa shape index (κ2) is 6.12. The molecule has 0 saturated carbocycles. The normalized spacial score (nSPS) is 10.7. The lowest BCUT2D eigenvalue weighted by molar-refractivity contribution is 0.0463. The molecular formula is C18H18N2O3. The zero-order chi connectivity index (χ0) is 16.4. The van der Waals surface area contributed by atoms with Gasteiger partial charge in [-0.2, -0.15) is 0 Å². The van der Waals surface area contributed by atoms with Gasteiger partial charge in [0, 0.05) is 6.20 Å². The molecule has 118 valence electrons. The average Bonchev–Trinajstić information content (AvgIpc) is 2.87. The lowest BCUT2D eigenvalue weighted by atomic mass is 10.2. The Morgan fingerprint density at radius 2 is 2.04 bits per heavy atom. The fraction of sp³-hybridized carbons (Fsp3) is 0.222. The number of pyridine rings is 1. The van der Waals surface area contributed by atoms with Crippen LogP contribution in [0.4, 0.5) is 0 Å². The maximum Gasteiger partial charge on any atom is 0.357 e.